The van der Waals surface area contributed by atoms with Crippen LogP contribution in [0, 0.1) is 5.82 Å². The van der Waals surface area contributed by atoms with Crippen molar-refractivity contribution in [3.63, 3.8) is 0 Å². The molecule has 3 rings (SSSR count). The van der Waals surface area contributed by atoms with Gasteiger partial charge in [0.1, 0.15) is 5.82 Å². The zero-order valence-electron chi connectivity index (χ0n) is 21.0. The fraction of sp³-hybridized carbons (Fsp3) is 0.269. The number of sulfonamides is 1. The van der Waals surface area contributed by atoms with Crippen LogP contribution < -0.4 is 9.46 Å². The average molecular weight is 548 g/mol. The first-order valence-corrected chi connectivity index (χ1v) is 13.1. The van der Waals surface area contributed by atoms with Crippen molar-refractivity contribution in [3.05, 3.63) is 76.2 Å². The second kappa shape index (κ2) is 11.3. The summed E-state index contributed by atoms with van der Waals surface area (Å²) in [7, 11) is 0.228. The maximum Gasteiger partial charge on any atom is 0.264 e. The first-order valence-electron chi connectivity index (χ1n) is 11.2. The van der Waals surface area contributed by atoms with Gasteiger partial charge in [-0.1, -0.05) is 25.4 Å². The summed E-state index contributed by atoms with van der Waals surface area (Å²) in [6.45, 7) is 3.70. The van der Waals surface area contributed by atoms with Crippen molar-refractivity contribution in [2.24, 2.45) is 0 Å². The molecule has 0 unspecified atom stereocenters. The van der Waals surface area contributed by atoms with Gasteiger partial charge in [-0.3, -0.25) is 9.59 Å². The van der Waals surface area contributed by atoms with Crippen LogP contribution >= 0.6 is 11.6 Å². The molecule has 0 saturated carbocycles. The zero-order valence-corrected chi connectivity index (χ0v) is 22.6. The number of halogens is 2. The van der Waals surface area contributed by atoms with Crippen LogP contribution in [0.5, 0.6) is 5.88 Å². The van der Waals surface area contributed by atoms with Crippen LogP contribution in [0.2, 0.25) is 5.02 Å². The van der Waals surface area contributed by atoms with Crippen molar-refractivity contribution in [3.8, 4) is 17.0 Å². The first kappa shape index (κ1) is 28.1. The lowest BCUT2D eigenvalue weighted by Gasteiger charge is -2.18. The molecule has 0 saturated heterocycles. The number of nitrogens with zero attached hydrogens (tertiary/aromatic N) is 2. The Morgan fingerprint density at radius 1 is 1.14 bits per heavy atom. The van der Waals surface area contributed by atoms with Gasteiger partial charge in [-0.2, -0.15) is 0 Å². The number of carbonyl (C=O) groups excluding carboxylic acids is 2. The number of rotatable bonds is 8. The number of hydrogen-bond acceptors (Lipinski definition) is 6. The van der Waals surface area contributed by atoms with E-state index in [0.717, 1.165) is 6.07 Å². The number of amides is 2. The molecule has 0 aliphatic rings. The number of hydrogen-bond donors (Lipinski definition) is 1. The third-order valence-corrected chi connectivity index (χ3v) is 7.28. The Morgan fingerprint density at radius 2 is 1.84 bits per heavy atom. The Labute approximate surface area is 220 Å². The molecular weight excluding hydrogens is 521 g/mol. The van der Waals surface area contributed by atoms with Crippen molar-refractivity contribution in [2.75, 3.05) is 21.2 Å². The minimum atomic E-state index is -4.31. The number of pyridine rings is 1. The van der Waals surface area contributed by atoms with E-state index in [9.17, 15) is 22.4 Å². The highest BCUT2D eigenvalue weighted by molar-refractivity contribution is 7.90. The topological polar surface area (TPSA) is 106 Å². The maximum atomic E-state index is 14.6. The highest BCUT2D eigenvalue weighted by Crippen LogP contribution is 2.33. The second-order valence-electron chi connectivity index (χ2n) is 8.81. The van der Waals surface area contributed by atoms with Crippen molar-refractivity contribution in [1.82, 2.24) is 14.6 Å². The lowest BCUT2D eigenvalue weighted by molar-refractivity contribution is -0.118. The standard InChI is InChI=1S/C26H27ClFN3O5S/c1-15(2)20-11-17(28)12-21(16-8-9-29-25(10-16)36-5)22(20)14-24(32)30-37(34,35)18-6-7-19(23(27)13-18)26(33)31(3)4/h6-13,15H,14H2,1-5H3,(H,30,32). The van der Waals surface area contributed by atoms with Gasteiger partial charge < -0.3 is 9.64 Å². The summed E-state index contributed by atoms with van der Waals surface area (Å²) in [5.41, 5.74) is 2.15. The van der Waals surface area contributed by atoms with E-state index in [-0.39, 0.29) is 27.8 Å². The molecule has 11 heteroatoms. The lowest BCUT2D eigenvalue weighted by Crippen LogP contribution is -2.32. The zero-order chi connectivity index (χ0) is 27.5. The summed E-state index contributed by atoms with van der Waals surface area (Å²) < 4.78 is 47.7. The normalized spacial score (nSPS) is 11.4. The van der Waals surface area contributed by atoms with Crippen LogP contribution in [-0.2, 0) is 21.2 Å². The molecule has 0 radical (unpaired) electrons. The molecular formula is C26H27ClFN3O5S. The van der Waals surface area contributed by atoms with Gasteiger partial charge in [0.15, 0.2) is 0 Å². The van der Waals surface area contributed by atoms with Crippen LogP contribution in [0.3, 0.4) is 0 Å². The van der Waals surface area contributed by atoms with E-state index in [1.54, 1.807) is 26.2 Å². The van der Waals surface area contributed by atoms with Crippen LogP contribution in [0.25, 0.3) is 11.1 Å². The molecule has 0 fully saturated rings. The van der Waals surface area contributed by atoms with Gasteiger partial charge in [-0.25, -0.2) is 22.5 Å². The first-order chi connectivity index (χ1) is 17.3. The number of ether oxygens (including phenoxy) is 1. The molecule has 0 bridgehead atoms. The highest BCUT2D eigenvalue weighted by atomic mass is 35.5. The third-order valence-electron chi connectivity index (χ3n) is 5.60. The van der Waals surface area contributed by atoms with Crippen molar-refractivity contribution in [1.29, 1.82) is 0 Å². The predicted octanol–water partition coefficient (Wildman–Crippen LogP) is 4.42. The number of benzene rings is 2. The fourth-order valence-corrected chi connectivity index (χ4v) is 5.14. The van der Waals surface area contributed by atoms with Crippen LogP contribution in [-0.4, -0.2) is 51.3 Å². The summed E-state index contributed by atoms with van der Waals surface area (Å²) in [6, 6.07) is 9.48. The van der Waals surface area contributed by atoms with Crippen LogP contribution in [0.1, 0.15) is 41.3 Å². The maximum absolute atomic E-state index is 14.6. The van der Waals surface area contributed by atoms with E-state index in [1.165, 1.54) is 42.5 Å². The predicted molar refractivity (Wildman–Crippen MR) is 139 cm³/mol. The minimum absolute atomic E-state index is 0.0661. The molecule has 1 aromatic heterocycles. The molecule has 0 aliphatic heterocycles. The Balaban J connectivity index is 1.96. The van der Waals surface area contributed by atoms with Crippen LogP contribution in [0.4, 0.5) is 4.39 Å². The summed E-state index contributed by atoms with van der Waals surface area (Å²) in [5.74, 6) is -1.55. The Hall–Kier alpha value is -3.50. The van der Waals surface area contributed by atoms with Crippen molar-refractivity contribution < 1.29 is 27.1 Å². The SMILES string of the molecule is COc1cc(-c2cc(F)cc(C(C)C)c2CC(=O)NS(=O)(=O)c2ccc(C(=O)N(C)C)c(Cl)c2)ccn1. The molecule has 0 spiro atoms. The van der Waals surface area contributed by atoms with Crippen molar-refractivity contribution in [2.45, 2.75) is 31.1 Å². The van der Waals surface area contributed by atoms with Gasteiger partial charge in [0.25, 0.3) is 15.9 Å². The average Bonchev–Trinajstić information content (AvgIpc) is 2.83. The third kappa shape index (κ3) is 6.44. The number of nitrogens with one attached hydrogen (secondary N) is 1. The number of methoxy groups -OCH3 is 1. The Bertz CT molecular complexity index is 1460. The van der Waals surface area contributed by atoms with Gasteiger partial charge in [0, 0.05) is 26.4 Å². The van der Waals surface area contributed by atoms with Gasteiger partial charge >= 0.3 is 0 Å². The molecule has 0 aliphatic carbocycles. The van der Waals surface area contributed by atoms with E-state index in [0.29, 0.717) is 28.1 Å². The van der Waals surface area contributed by atoms with E-state index in [2.05, 4.69) is 9.71 Å². The summed E-state index contributed by atoms with van der Waals surface area (Å²) >= 11 is 6.15. The molecule has 37 heavy (non-hydrogen) atoms. The Kier molecular flexibility index (Phi) is 8.55. The smallest absolute Gasteiger partial charge is 0.264 e. The molecule has 8 nitrogen and oxygen atoms in total. The quantitative estimate of drug-likeness (QED) is 0.447. The minimum Gasteiger partial charge on any atom is -0.481 e. The molecule has 2 aromatic carbocycles. The molecule has 3 aromatic rings. The highest BCUT2D eigenvalue weighted by Gasteiger charge is 2.24. The van der Waals surface area contributed by atoms with E-state index in [1.807, 2.05) is 13.8 Å². The van der Waals surface area contributed by atoms with Crippen LogP contribution in [0.15, 0.2) is 53.6 Å². The van der Waals surface area contributed by atoms with E-state index < -0.39 is 27.7 Å². The Morgan fingerprint density at radius 3 is 2.43 bits per heavy atom. The second-order valence-corrected chi connectivity index (χ2v) is 10.9. The van der Waals surface area contributed by atoms with Gasteiger partial charge in [-0.15, -0.1) is 0 Å². The fourth-order valence-electron chi connectivity index (χ4n) is 3.80. The monoisotopic (exact) mass is 547 g/mol. The van der Waals surface area contributed by atoms with E-state index in [4.69, 9.17) is 16.3 Å². The summed E-state index contributed by atoms with van der Waals surface area (Å²) in [5, 5.41) is -0.0661. The van der Waals surface area contributed by atoms with Gasteiger partial charge in [-0.05, 0) is 64.6 Å². The molecule has 1 N–H and O–H groups in total. The van der Waals surface area contributed by atoms with Crippen molar-refractivity contribution >= 4 is 33.4 Å². The molecule has 1 heterocycles. The van der Waals surface area contributed by atoms with Gasteiger partial charge in [0.2, 0.25) is 11.8 Å². The largest absolute Gasteiger partial charge is 0.481 e. The molecule has 0 atom stereocenters. The number of carbonyl (C=O) groups is 2. The number of aromatic nitrogens is 1. The van der Waals surface area contributed by atoms with Gasteiger partial charge in [0.05, 0.1) is 29.0 Å². The van der Waals surface area contributed by atoms with E-state index >= 15 is 0 Å². The summed E-state index contributed by atoms with van der Waals surface area (Å²) in [6.07, 6.45) is 1.16. The molecule has 196 valence electrons. The summed E-state index contributed by atoms with van der Waals surface area (Å²) in [4.78, 5) is 30.3. The lowest BCUT2D eigenvalue weighted by atomic mass is 9.88. The molecule has 2 amide bonds.